The normalized spacial score (nSPS) is 17.7. The number of nitrogens with zero attached hydrogens (tertiary/aromatic N) is 2. The molecule has 1 N–H and O–H groups in total. The lowest BCUT2D eigenvalue weighted by molar-refractivity contribution is 0.377. The monoisotopic (exact) mass is 497 g/mol. The molecule has 0 spiro atoms. The van der Waals surface area contributed by atoms with Crippen LogP contribution in [0.3, 0.4) is 0 Å². The quantitative estimate of drug-likeness (QED) is 0.385. The summed E-state index contributed by atoms with van der Waals surface area (Å²) in [6.45, 7) is 6.67. The highest BCUT2D eigenvalue weighted by Crippen LogP contribution is 2.29. The first-order valence-corrected chi connectivity index (χ1v) is 11.0. The molecule has 0 atom stereocenters. The molecule has 5 nitrogen and oxygen atoms in total. The van der Waals surface area contributed by atoms with E-state index in [9.17, 15) is 8.42 Å². The van der Waals surface area contributed by atoms with Crippen molar-refractivity contribution in [3.05, 3.63) is 35.9 Å². The van der Waals surface area contributed by atoms with E-state index in [0.29, 0.717) is 6.54 Å². The molecule has 1 aromatic rings. The molecule has 1 aliphatic rings. The summed E-state index contributed by atoms with van der Waals surface area (Å²) >= 11 is 1.96. The van der Waals surface area contributed by atoms with E-state index >= 15 is 0 Å². The molecular weight excluding hydrogens is 469 g/mol. The molecule has 25 heavy (non-hydrogen) atoms. The Hall–Kier alpha value is -0.480. The van der Waals surface area contributed by atoms with Gasteiger partial charge < -0.3 is 10.2 Å². The van der Waals surface area contributed by atoms with Crippen LogP contribution < -0.4 is 5.32 Å². The van der Waals surface area contributed by atoms with E-state index in [0.717, 1.165) is 30.4 Å². The zero-order valence-corrected chi connectivity index (χ0v) is 19.0. The van der Waals surface area contributed by atoms with E-state index < -0.39 is 9.84 Å². The second kappa shape index (κ2) is 10.0. The van der Waals surface area contributed by atoms with Gasteiger partial charge in [-0.3, -0.25) is 4.99 Å². The van der Waals surface area contributed by atoms with Crippen molar-refractivity contribution in [2.75, 3.05) is 38.2 Å². The zero-order chi connectivity index (χ0) is 17.6. The van der Waals surface area contributed by atoms with E-state index in [1.54, 1.807) is 7.05 Å². The zero-order valence-electron chi connectivity index (χ0n) is 15.1. The number of benzene rings is 1. The van der Waals surface area contributed by atoms with Crippen molar-refractivity contribution in [1.82, 2.24) is 10.2 Å². The average Bonchev–Trinajstić information content (AvgIpc) is 2.51. The van der Waals surface area contributed by atoms with Crippen LogP contribution in [0, 0.1) is 0 Å². The number of hydrogen-bond donors (Lipinski definition) is 1. The average molecular weight is 497 g/mol. The van der Waals surface area contributed by atoms with Crippen molar-refractivity contribution in [1.29, 1.82) is 0 Å². The molecular formula is C17H28IN3O2S2. The molecule has 0 radical (unpaired) electrons. The molecule has 0 saturated carbocycles. The van der Waals surface area contributed by atoms with Crippen LogP contribution >= 0.6 is 35.7 Å². The van der Waals surface area contributed by atoms with Crippen molar-refractivity contribution in [2.24, 2.45) is 4.99 Å². The van der Waals surface area contributed by atoms with Crippen LogP contribution in [0.15, 0.2) is 35.3 Å². The topological polar surface area (TPSA) is 61.8 Å². The lowest BCUT2D eigenvalue weighted by Gasteiger charge is -2.39. The van der Waals surface area contributed by atoms with Crippen LogP contribution in [-0.2, 0) is 15.6 Å². The number of hydrogen-bond acceptors (Lipinski definition) is 4. The maximum absolute atomic E-state index is 12.3. The maximum Gasteiger partial charge on any atom is 0.193 e. The fourth-order valence-electron chi connectivity index (χ4n) is 2.75. The number of thioether (sulfide) groups is 1. The molecule has 0 aliphatic carbocycles. The van der Waals surface area contributed by atoms with Gasteiger partial charge in [-0.25, -0.2) is 8.42 Å². The van der Waals surface area contributed by atoms with E-state index in [1.165, 1.54) is 0 Å². The van der Waals surface area contributed by atoms with Gasteiger partial charge in [-0.05, 0) is 19.4 Å². The van der Waals surface area contributed by atoms with Gasteiger partial charge in [-0.1, -0.05) is 30.3 Å². The molecule has 1 aromatic carbocycles. The lowest BCUT2D eigenvalue weighted by Crippen LogP contribution is -2.51. The number of guanidine groups is 1. The van der Waals surface area contributed by atoms with Crippen LogP contribution in [0.25, 0.3) is 0 Å². The molecule has 1 heterocycles. The highest BCUT2D eigenvalue weighted by atomic mass is 127. The Labute approximate surface area is 173 Å². The van der Waals surface area contributed by atoms with Crippen molar-refractivity contribution in [2.45, 2.75) is 24.3 Å². The molecule has 142 valence electrons. The molecule has 8 heteroatoms. The van der Waals surface area contributed by atoms with E-state index in [2.05, 4.69) is 29.1 Å². The van der Waals surface area contributed by atoms with Crippen LogP contribution in [0.1, 0.15) is 19.4 Å². The Morgan fingerprint density at radius 2 is 2.00 bits per heavy atom. The Bertz CT molecular complexity index is 664. The van der Waals surface area contributed by atoms with Crippen LogP contribution in [0.5, 0.6) is 0 Å². The SMILES string of the molecule is CN=C(NCCS(=O)(=O)Cc1ccccc1)N1CCSC(C)(C)C1.I. The predicted octanol–water partition coefficient (Wildman–Crippen LogP) is 2.62. The number of sulfone groups is 1. The summed E-state index contributed by atoms with van der Waals surface area (Å²) in [4.78, 5) is 6.52. The lowest BCUT2D eigenvalue weighted by atomic mass is 10.2. The minimum absolute atomic E-state index is 0. The van der Waals surface area contributed by atoms with Gasteiger partial charge in [0.2, 0.25) is 0 Å². The number of nitrogens with one attached hydrogen (secondary N) is 1. The molecule has 0 bridgehead atoms. The van der Waals surface area contributed by atoms with Gasteiger partial charge >= 0.3 is 0 Å². The fourth-order valence-corrected chi connectivity index (χ4v) is 5.12. The second-order valence-electron chi connectivity index (χ2n) is 6.58. The first-order valence-electron chi connectivity index (χ1n) is 8.15. The van der Waals surface area contributed by atoms with Crippen LogP contribution in [-0.4, -0.2) is 62.2 Å². The highest BCUT2D eigenvalue weighted by molar-refractivity contribution is 14.0. The fraction of sp³-hybridized carbons (Fsp3) is 0.588. The van der Waals surface area contributed by atoms with Crippen molar-refractivity contribution < 1.29 is 8.42 Å². The third kappa shape index (κ3) is 7.74. The maximum atomic E-state index is 12.3. The summed E-state index contributed by atoms with van der Waals surface area (Å²) in [5.41, 5.74) is 0.830. The van der Waals surface area contributed by atoms with Crippen LogP contribution in [0.2, 0.25) is 0 Å². The molecule has 1 saturated heterocycles. The van der Waals surface area contributed by atoms with Crippen molar-refractivity contribution >= 4 is 51.5 Å². The minimum atomic E-state index is -3.13. The molecule has 2 rings (SSSR count). The molecule has 1 aliphatic heterocycles. The van der Waals surface area contributed by atoms with Gasteiger partial charge in [0.1, 0.15) is 0 Å². The Morgan fingerprint density at radius 1 is 1.32 bits per heavy atom. The standard InChI is InChI=1S/C17H27N3O2S2.HI/c1-17(2)14-20(10-11-23-17)16(18-3)19-9-12-24(21,22)13-15-7-5-4-6-8-15;/h4-8H,9-14H2,1-3H3,(H,18,19);1H. The summed E-state index contributed by atoms with van der Waals surface area (Å²) < 4.78 is 24.7. The summed E-state index contributed by atoms with van der Waals surface area (Å²) in [5.74, 6) is 2.03. The first kappa shape index (κ1) is 22.6. The molecule has 0 aromatic heterocycles. The van der Waals surface area contributed by atoms with Gasteiger partial charge in [0.25, 0.3) is 0 Å². The van der Waals surface area contributed by atoms with E-state index in [-0.39, 0.29) is 40.2 Å². The molecule has 0 amide bonds. The second-order valence-corrected chi connectivity index (χ2v) is 10.6. The van der Waals surface area contributed by atoms with E-state index in [4.69, 9.17) is 0 Å². The number of rotatable bonds is 5. The highest BCUT2D eigenvalue weighted by Gasteiger charge is 2.28. The van der Waals surface area contributed by atoms with Crippen molar-refractivity contribution in [3.8, 4) is 0 Å². The Balaban J connectivity index is 0.00000312. The van der Waals surface area contributed by atoms with Crippen LogP contribution in [0.4, 0.5) is 0 Å². The minimum Gasteiger partial charge on any atom is -0.355 e. The molecule has 1 fully saturated rings. The summed E-state index contributed by atoms with van der Waals surface area (Å²) in [6.07, 6.45) is 0. The Morgan fingerprint density at radius 3 is 2.60 bits per heavy atom. The van der Waals surface area contributed by atoms with Gasteiger partial charge in [-0.2, -0.15) is 11.8 Å². The van der Waals surface area contributed by atoms with Gasteiger partial charge in [0.15, 0.2) is 15.8 Å². The summed E-state index contributed by atoms with van der Waals surface area (Å²) in [5, 5.41) is 3.21. The van der Waals surface area contributed by atoms with E-state index in [1.807, 2.05) is 42.1 Å². The third-order valence-corrected chi connectivity index (χ3v) is 6.76. The predicted molar refractivity (Wildman–Crippen MR) is 119 cm³/mol. The number of aliphatic imine (C=N–C) groups is 1. The van der Waals surface area contributed by atoms with Crippen molar-refractivity contribution in [3.63, 3.8) is 0 Å². The number of halogens is 1. The van der Waals surface area contributed by atoms with Gasteiger partial charge in [0.05, 0.1) is 11.5 Å². The molecule has 0 unspecified atom stereocenters. The summed E-state index contributed by atoms with van der Waals surface area (Å²) in [7, 11) is -1.39. The van der Waals surface area contributed by atoms with Gasteiger partial charge in [-0.15, -0.1) is 24.0 Å². The smallest absolute Gasteiger partial charge is 0.193 e. The first-order chi connectivity index (χ1) is 11.3. The van der Waals surface area contributed by atoms with Gasteiger partial charge in [0, 0.05) is 37.2 Å². The Kier molecular flexibility index (Phi) is 9.03. The third-order valence-electron chi connectivity index (χ3n) is 3.86. The largest absolute Gasteiger partial charge is 0.355 e. The summed E-state index contributed by atoms with van der Waals surface area (Å²) in [6, 6.07) is 9.30.